The molecular weight excluding hydrogens is 266 g/mol. The first-order chi connectivity index (χ1) is 9.65. The van der Waals surface area contributed by atoms with Gasteiger partial charge in [-0.25, -0.2) is 0 Å². The predicted octanol–water partition coefficient (Wildman–Crippen LogP) is -0.966. The van der Waals surface area contributed by atoms with Crippen molar-refractivity contribution in [1.29, 1.82) is 0 Å². The van der Waals surface area contributed by atoms with Gasteiger partial charge in [0.1, 0.15) is 12.4 Å². The quantitative estimate of drug-likeness (QED) is 0.362. The zero-order chi connectivity index (χ0) is 14.4. The van der Waals surface area contributed by atoms with Gasteiger partial charge in [0, 0.05) is 19.3 Å². The molecule has 0 aliphatic rings. The first-order valence-corrected chi connectivity index (χ1v) is 6.05. The number of nitrogens with zero attached hydrogens (tertiary/aromatic N) is 6. The van der Waals surface area contributed by atoms with E-state index in [1.54, 1.807) is 17.1 Å². The van der Waals surface area contributed by atoms with E-state index in [0.29, 0.717) is 19.6 Å². The highest BCUT2D eigenvalue weighted by atomic mass is 16.6. The number of nitro groups is 1. The van der Waals surface area contributed by atoms with Crippen LogP contribution in [0.5, 0.6) is 0 Å². The Labute approximate surface area is 114 Å². The van der Waals surface area contributed by atoms with E-state index in [1.165, 1.54) is 10.9 Å². The summed E-state index contributed by atoms with van der Waals surface area (Å²) in [5.41, 5.74) is -0.0867. The van der Waals surface area contributed by atoms with Gasteiger partial charge in [0.2, 0.25) is 0 Å². The van der Waals surface area contributed by atoms with E-state index < -0.39 is 11.0 Å². The van der Waals surface area contributed by atoms with Gasteiger partial charge in [-0.15, -0.1) is 5.10 Å². The fraction of sp³-hybridized carbons (Fsp3) is 0.500. The number of aliphatic hydroxyl groups is 1. The van der Waals surface area contributed by atoms with E-state index in [4.69, 9.17) is 0 Å². The molecule has 2 heterocycles. The summed E-state index contributed by atoms with van der Waals surface area (Å²) in [6, 6.07) is 0. The Kier molecular flexibility index (Phi) is 4.74. The summed E-state index contributed by atoms with van der Waals surface area (Å²) in [4.78, 5) is 9.97. The average molecular weight is 281 g/mol. The normalized spacial score (nSPS) is 12.4. The zero-order valence-electron chi connectivity index (χ0n) is 10.7. The first-order valence-electron chi connectivity index (χ1n) is 6.05. The van der Waals surface area contributed by atoms with Gasteiger partial charge in [-0.3, -0.25) is 19.5 Å². The average Bonchev–Trinajstić information content (AvgIpc) is 3.05. The molecule has 0 amide bonds. The lowest BCUT2D eigenvalue weighted by Gasteiger charge is -2.11. The Morgan fingerprint density at radius 1 is 1.50 bits per heavy atom. The van der Waals surface area contributed by atoms with Crippen LogP contribution < -0.4 is 5.32 Å². The predicted molar refractivity (Wildman–Crippen MR) is 67.8 cm³/mol. The monoisotopic (exact) mass is 281 g/mol. The third-order valence-corrected chi connectivity index (χ3v) is 2.60. The van der Waals surface area contributed by atoms with Crippen LogP contribution in [0.1, 0.15) is 0 Å². The fourth-order valence-corrected chi connectivity index (χ4v) is 1.64. The number of aliphatic hydroxyl groups excluding tert-OH is 1. The van der Waals surface area contributed by atoms with Gasteiger partial charge in [-0.2, -0.15) is 5.10 Å². The maximum atomic E-state index is 10.5. The molecule has 0 saturated carbocycles. The molecule has 0 radical (unpaired) electrons. The highest BCUT2D eigenvalue weighted by Crippen LogP contribution is 2.07. The Bertz CT molecular complexity index is 539. The molecule has 0 aromatic carbocycles. The third-order valence-electron chi connectivity index (χ3n) is 2.60. The van der Waals surface area contributed by atoms with Crippen molar-refractivity contribution < 1.29 is 10.0 Å². The lowest BCUT2D eigenvalue weighted by atomic mass is 10.3. The SMILES string of the molecule is O=[N+]([O-])c1cnn(CC(O)CNCCn2ccnn2)c1. The van der Waals surface area contributed by atoms with E-state index in [9.17, 15) is 15.2 Å². The molecule has 0 bridgehead atoms. The summed E-state index contributed by atoms with van der Waals surface area (Å²) in [7, 11) is 0. The zero-order valence-corrected chi connectivity index (χ0v) is 10.7. The van der Waals surface area contributed by atoms with E-state index in [0.717, 1.165) is 6.20 Å². The van der Waals surface area contributed by atoms with Crippen LogP contribution >= 0.6 is 0 Å². The van der Waals surface area contributed by atoms with Crippen molar-refractivity contribution in [2.75, 3.05) is 13.1 Å². The van der Waals surface area contributed by atoms with Gasteiger partial charge in [0.25, 0.3) is 0 Å². The molecule has 10 nitrogen and oxygen atoms in total. The number of hydrogen-bond donors (Lipinski definition) is 2. The molecule has 108 valence electrons. The van der Waals surface area contributed by atoms with E-state index in [2.05, 4.69) is 20.7 Å². The van der Waals surface area contributed by atoms with Crippen molar-refractivity contribution in [3.05, 3.63) is 34.9 Å². The van der Waals surface area contributed by atoms with Gasteiger partial charge in [-0.1, -0.05) is 5.21 Å². The van der Waals surface area contributed by atoms with Crippen LogP contribution in [0.25, 0.3) is 0 Å². The van der Waals surface area contributed by atoms with Crippen molar-refractivity contribution >= 4 is 5.69 Å². The van der Waals surface area contributed by atoms with Crippen LogP contribution in [-0.4, -0.2) is 54.0 Å². The smallest absolute Gasteiger partial charge is 0.306 e. The van der Waals surface area contributed by atoms with E-state index in [1.807, 2.05) is 0 Å². The number of aromatic nitrogens is 5. The van der Waals surface area contributed by atoms with Gasteiger partial charge in [-0.05, 0) is 0 Å². The van der Waals surface area contributed by atoms with Crippen LogP contribution in [0.3, 0.4) is 0 Å². The van der Waals surface area contributed by atoms with Crippen molar-refractivity contribution in [3.63, 3.8) is 0 Å². The second-order valence-electron chi connectivity index (χ2n) is 4.20. The van der Waals surface area contributed by atoms with Gasteiger partial charge in [0.05, 0.1) is 30.3 Å². The molecule has 0 spiro atoms. The minimum absolute atomic E-state index is 0.0867. The Hall–Kier alpha value is -2.33. The molecule has 2 N–H and O–H groups in total. The largest absolute Gasteiger partial charge is 0.390 e. The van der Waals surface area contributed by atoms with Crippen LogP contribution in [0, 0.1) is 10.1 Å². The van der Waals surface area contributed by atoms with Gasteiger partial charge < -0.3 is 10.4 Å². The lowest BCUT2D eigenvalue weighted by molar-refractivity contribution is -0.385. The molecule has 1 unspecified atom stereocenters. The van der Waals surface area contributed by atoms with E-state index >= 15 is 0 Å². The highest BCUT2D eigenvalue weighted by Gasteiger charge is 2.11. The summed E-state index contributed by atoms with van der Waals surface area (Å²) in [5, 5.41) is 34.6. The molecule has 0 saturated heterocycles. The Morgan fingerprint density at radius 3 is 3.00 bits per heavy atom. The van der Waals surface area contributed by atoms with Gasteiger partial charge in [0.15, 0.2) is 0 Å². The standard InChI is InChI=1S/C10H15N7O3/c18-10(6-11-1-3-15-4-2-12-14-15)8-16-7-9(5-13-16)17(19)20/h2,4-5,7,10-11,18H,1,3,6,8H2. The van der Waals surface area contributed by atoms with Crippen LogP contribution in [0.15, 0.2) is 24.8 Å². The molecule has 2 aromatic heterocycles. The molecule has 2 aromatic rings. The molecule has 0 fully saturated rings. The summed E-state index contributed by atoms with van der Waals surface area (Å²) >= 11 is 0. The number of rotatable bonds is 8. The van der Waals surface area contributed by atoms with Crippen LogP contribution in [0.4, 0.5) is 5.69 Å². The van der Waals surface area contributed by atoms with Crippen molar-refractivity contribution in [1.82, 2.24) is 30.1 Å². The van der Waals surface area contributed by atoms with Crippen molar-refractivity contribution in [2.45, 2.75) is 19.2 Å². The topological polar surface area (TPSA) is 124 Å². The van der Waals surface area contributed by atoms with Crippen molar-refractivity contribution in [3.8, 4) is 0 Å². The molecule has 0 aliphatic heterocycles. The third kappa shape index (κ3) is 4.10. The van der Waals surface area contributed by atoms with E-state index in [-0.39, 0.29) is 12.2 Å². The Balaban J connectivity index is 1.66. The minimum atomic E-state index is -0.676. The molecular formula is C10H15N7O3. The maximum Gasteiger partial charge on any atom is 0.306 e. The second kappa shape index (κ2) is 6.73. The lowest BCUT2D eigenvalue weighted by Crippen LogP contribution is -2.32. The molecule has 0 aliphatic carbocycles. The van der Waals surface area contributed by atoms with Crippen molar-refractivity contribution in [2.24, 2.45) is 0 Å². The van der Waals surface area contributed by atoms with Crippen LogP contribution in [-0.2, 0) is 13.1 Å². The maximum absolute atomic E-state index is 10.5. The Morgan fingerprint density at radius 2 is 2.35 bits per heavy atom. The molecule has 2 rings (SSSR count). The molecule has 20 heavy (non-hydrogen) atoms. The number of nitrogens with one attached hydrogen (secondary N) is 1. The highest BCUT2D eigenvalue weighted by molar-refractivity contribution is 5.20. The van der Waals surface area contributed by atoms with Gasteiger partial charge >= 0.3 is 5.69 Å². The summed E-state index contributed by atoms with van der Waals surface area (Å²) in [5.74, 6) is 0. The second-order valence-corrected chi connectivity index (χ2v) is 4.20. The number of hydrogen-bond acceptors (Lipinski definition) is 7. The van der Waals surface area contributed by atoms with Crippen LogP contribution in [0.2, 0.25) is 0 Å². The molecule has 1 atom stereocenters. The first kappa shape index (κ1) is 14.1. The minimum Gasteiger partial charge on any atom is -0.390 e. The summed E-state index contributed by atoms with van der Waals surface area (Å²) in [6.07, 6.45) is 5.12. The summed E-state index contributed by atoms with van der Waals surface area (Å²) < 4.78 is 3.03. The summed E-state index contributed by atoms with van der Waals surface area (Å²) in [6.45, 7) is 1.85. The molecule has 10 heteroatoms. The fourth-order valence-electron chi connectivity index (χ4n) is 1.64.